The molecule has 1 saturated heterocycles. The lowest BCUT2D eigenvalue weighted by atomic mass is 10.1. The van der Waals surface area contributed by atoms with E-state index in [1.165, 1.54) is 0 Å². The predicted octanol–water partition coefficient (Wildman–Crippen LogP) is 3.78. The summed E-state index contributed by atoms with van der Waals surface area (Å²) >= 11 is 5.91. The molecule has 0 aromatic heterocycles. The normalized spacial score (nSPS) is 15.9. The fourth-order valence-corrected chi connectivity index (χ4v) is 3.42. The molecule has 1 fully saturated rings. The van der Waals surface area contributed by atoms with Crippen LogP contribution in [0.25, 0.3) is 0 Å². The third kappa shape index (κ3) is 4.41. The largest absolute Gasteiger partial charge is 0.334 e. The van der Waals surface area contributed by atoms with Gasteiger partial charge in [-0.2, -0.15) is 5.26 Å². The Morgan fingerprint density at radius 2 is 1.93 bits per heavy atom. The van der Waals surface area contributed by atoms with Crippen LogP contribution in [-0.2, 0) is 16.1 Å². The van der Waals surface area contributed by atoms with Crippen molar-refractivity contribution in [2.45, 2.75) is 13.0 Å². The number of amides is 2. The van der Waals surface area contributed by atoms with E-state index in [9.17, 15) is 9.59 Å². The number of hydrogen-bond acceptors (Lipinski definition) is 3. The zero-order chi connectivity index (χ0) is 20.1. The molecule has 0 spiro atoms. The Bertz CT molecular complexity index is 916. The average Bonchev–Trinajstić information content (AvgIpc) is 3.10. The van der Waals surface area contributed by atoms with Crippen LogP contribution in [0.15, 0.2) is 61.2 Å². The Morgan fingerprint density at radius 1 is 1.25 bits per heavy atom. The molecule has 0 N–H and O–H groups in total. The Labute approximate surface area is 169 Å². The second kappa shape index (κ2) is 8.73. The number of carbonyl (C=O) groups excluding carboxylic acids is 2. The first-order valence-corrected chi connectivity index (χ1v) is 9.34. The van der Waals surface area contributed by atoms with Crippen LogP contribution in [0.4, 0.5) is 5.69 Å². The van der Waals surface area contributed by atoms with Gasteiger partial charge < -0.3 is 9.80 Å². The number of rotatable bonds is 6. The third-order valence-corrected chi connectivity index (χ3v) is 4.98. The maximum atomic E-state index is 13.1. The van der Waals surface area contributed by atoms with Gasteiger partial charge in [-0.05, 0) is 42.0 Å². The number of nitriles is 1. The van der Waals surface area contributed by atoms with Crippen LogP contribution < -0.4 is 4.90 Å². The highest BCUT2D eigenvalue weighted by molar-refractivity contribution is 6.30. The average molecular weight is 394 g/mol. The van der Waals surface area contributed by atoms with Gasteiger partial charge in [-0.1, -0.05) is 29.8 Å². The molecular formula is C22H20ClN3O2. The van der Waals surface area contributed by atoms with Crippen LogP contribution in [0, 0.1) is 17.2 Å². The van der Waals surface area contributed by atoms with Gasteiger partial charge in [0, 0.05) is 36.8 Å². The van der Waals surface area contributed by atoms with Crippen molar-refractivity contribution in [3.63, 3.8) is 0 Å². The fourth-order valence-electron chi connectivity index (χ4n) is 3.30. The molecule has 1 atom stereocenters. The smallest absolute Gasteiger partial charge is 0.228 e. The van der Waals surface area contributed by atoms with Gasteiger partial charge in [0.15, 0.2) is 0 Å². The highest BCUT2D eigenvalue weighted by Gasteiger charge is 2.37. The van der Waals surface area contributed by atoms with E-state index in [1.807, 2.05) is 12.1 Å². The van der Waals surface area contributed by atoms with Crippen molar-refractivity contribution in [2.24, 2.45) is 5.92 Å². The van der Waals surface area contributed by atoms with Gasteiger partial charge in [0.05, 0.1) is 17.6 Å². The molecule has 0 bridgehead atoms. The molecule has 2 aromatic rings. The van der Waals surface area contributed by atoms with E-state index in [0.717, 1.165) is 11.3 Å². The molecule has 2 aromatic carbocycles. The van der Waals surface area contributed by atoms with Crippen molar-refractivity contribution in [3.05, 3.63) is 77.3 Å². The third-order valence-electron chi connectivity index (χ3n) is 4.73. The van der Waals surface area contributed by atoms with Crippen LogP contribution in [0.1, 0.15) is 17.5 Å². The van der Waals surface area contributed by atoms with Crippen molar-refractivity contribution >= 4 is 29.1 Å². The molecule has 2 amide bonds. The molecule has 0 aliphatic carbocycles. The molecule has 6 heteroatoms. The van der Waals surface area contributed by atoms with Gasteiger partial charge in [-0.25, -0.2) is 0 Å². The number of carbonyl (C=O) groups is 2. The maximum Gasteiger partial charge on any atom is 0.228 e. The Morgan fingerprint density at radius 3 is 2.54 bits per heavy atom. The Hall–Kier alpha value is -3.10. The molecule has 3 rings (SSSR count). The van der Waals surface area contributed by atoms with Gasteiger partial charge in [-0.15, -0.1) is 6.58 Å². The number of nitrogens with zero attached hydrogens (tertiary/aromatic N) is 3. The molecule has 0 radical (unpaired) electrons. The zero-order valence-corrected chi connectivity index (χ0v) is 16.1. The number of halogens is 1. The summed E-state index contributed by atoms with van der Waals surface area (Å²) in [5, 5.41) is 9.51. The van der Waals surface area contributed by atoms with Gasteiger partial charge >= 0.3 is 0 Å². The van der Waals surface area contributed by atoms with E-state index in [4.69, 9.17) is 16.9 Å². The van der Waals surface area contributed by atoms with Crippen LogP contribution in [-0.4, -0.2) is 29.8 Å². The molecule has 1 aliphatic heterocycles. The highest BCUT2D eigenvalue weighted by Crippen LogP contribution is 2.27. The molecule has 1 heterocycles. The summed E-state index contributed by atoms with van der Waals surface area (Å²) in [5.41, 5.74) is 2.24. The summed E-state index contributed by atoms with van der Waals surface area (Å²) in [5.74, 6) is -0.548. The molecule has 142 valence electrons. The topological polar surface area (TPSA) is 64.4 Å². The molecule has 1 aliphatic rings. The van der Waals surface area contributed by atoms with Crippen LogP contribution in [0.3, 0.4) is 0 Å². The van der Waals surface area contributed by atoms with E-state index in [2.05, 4.69) is 12.6 Å². The van der Waals surface area contributed by atoms with Crippen LogP contribution in [0.5, 0.6) is 0 Å². The Kier molecular flexibility index (Phi) is 6.13. The van der Waals surface area contributed by atoms with E-state index < -0.39 is 5.92 Å². The van der Waals surface area contributed by atoms with Crippen molar-refractivity contribution in [1.82, 2.24) is 4.90 Å². The van der Waals surface area contributed by atoms with E-state index in [-0.39, 0.29) is 18.2 Å². The fraction of sp³-hybridized carbons (Fsp3) is 0.227. The highest BCUT2D eigenvalue weighted by atomic mass is 35.5. The second-order valence-corrected chi connectivity index (χ2v) is 7.13. The summed E-state index contributed by atoms with van der Waals surface area (Å²) in [6, 6.07) is 16.2. The first kappa shape index (κ1) is 19.7. The van der Waals surface area contributed by atoms with E-state index in [1.54, 1.807) is 52.3 Å². The summed E-state index contributed by atoms with van der Waals surface area (Å²) < 4.78 is 0. The second-order valence-electron chi connectivity index (χ2n) is 6.70. The zero-order valence-electron chi connectivity index (χ0n) is 15.3. The molecule has 28 heavy (non-hydrogen) atoms. The summed E-state index contributed by atoms with van der Waals surface area (Å²) in [6.07, 6.45) is 1.86. The Balaban J connectivity index is 1.72. The predicted molar refractivity (Wildman–Crippen MR) is 109 cm³/mol. The quantitative estimate of drug-likeness (QED) is 0.701. The van der Waals surface area contributed by atoms with Crippen molar-refractivity contribution in [2.75, 3.05) is 18.0 Å². The summed E-state index contributed by atoms with van der Waals surface area (Å²) in [7, 11) is 0. The minimum absolute atomic E-state index is 0.0717. The number of hydrogen-bond donors (Lipinski definition) is 0. The molecule has 1 unspecified atom stereocenters. The summed E-state index contributed by atoms with van der Waals surface area (Å²) in [4.78, 5) is 28.8. The van der Waals surface area contributed by atoms with Crippen LogP contribution >= 0.6 is 11.6 Å². The SMILES string of the molecule is C=CCN(Cc1ccc(C#N)cc1)C(=O)C1CC(=O)N(c2ccc(Cl)cc2)C1. The van der Waals surface area contributed by atoms with Gasteiger partial charge in [-0.3, -0.25) is 9.59 Å². The number of benzene rings is 2. The van der Waals surface area contributed by atoms with Gasteiger partial charge in [0.25, 0.3) is 0 Å². The minimum atomic E-state index is -0.401. The van der Waals surface area contributed by atoms with Gasteiger partial charge in [0.2, 0.25) is 11.8 Å². The molecular weight excluding hydrogens is 374 g/mol. The first-order chi connectivity index (χ1) is 13.5. The van der Waals surface area contributed by atoms with Crippen molar-refractivity contribution in [1.29, 1.82) is 5.26 Å². The monoisotopic (exact) mass is 393 g/mol. The van der Waals surface area contributed by atoms with Crippen molar-refractivity contribution < 1.29 is 9.59 Å². The van der Waals surface area contributed by atoms with E-state index in [0.29, 0.717) is 30.2 Å². The lowest BCUT2D eigenvalue weighted by Crippen LogP contribution is -2.37. The summed E-state index contributed by atoms with van der Waals surface area (Å²) in [6.45, 7) is 4.88. The lowest BCUT2D eigenvalue weighted by molar-refractivity contribution is -0.135. The first-order valence-electron chi connectivity index (χ1n) is 8.96. The van der Waals surface area contributed by atoms with Crippen molar-refractivity contribution in [3.8, 4) is 6.07 Å². The number of anilines is 1. The van der Waals surface area contributed by atoms with Gasteiger partial charge in [0.1, 0.15) is 0 Å². The van der Waals surface area contributed by atoms with E-state index >= 15 is 0 Å². The van der Waals surface area contributed by atoms with Crippen LogP contribution in [0.2, 0.25) is 5.02 Å². The molecule has 0 saturated carbocycles. The standard InChI is InChI=1S/C22H20ClN3O2/c1-2-11-25(14-17-5-3-16(13-24)4-6-17)22(28)18-12-21(27)26(15-18)20-9-7-19(23)8-10-20/h2-10,18H,1,11-12,14-15H2. The molecule has 5 nitrogen and oxygen atoms in total. The minimum Gasteiger partial charge on any atom is -0.334 e. The lowest BCUT2D eigenvalue weighted by Gasteiger charge is -2.24. The maximum absolute atomic E-state index is 13.1.